The van der Waals surface area contributed by atoms with Crippen molar-refractivity contribution in [2.75, 3.05) is 0 Å². The van der Waals surface area contributed by atoms with Crippen LogP contribution in [0.1, 0.15) is 16.7 Å². The molecular weight excluding hydrogens is 330 g/mol. The van der Waals surface area contributed by atoms with Crippen LogP contribution in [-0.4, -0.2) is 15.4 Å². The van der Waals surface area contributed by atoms with Crippen LogP contribution in [0.2, 0.25) is 0 Å². The summed E-state index contributed by atoms with van der Waals surface area (Å²) in [4.78, 5) is 0. The van der Waals surface area contributed by atoms with Crippen molar-refractivity contribution in [3.63, 3.8) is 0 Å². The molecule has 5 aromatic rings. The highest BCUT2D eigenvalue weighted by Crippen LogP contribution is 2.34. The lowest BCUT2D eigenvalue weighted by molar-refractivity contribution is 0.960. The molecule has 0 saturated carbocycles. The topological polar surface area (TPSA) is 41.6 Å². The van der Waals surface area contributed by atoms with Crippen molar-refractivity contribution in [3.05, 3.63) is 108 Å². The van der Waals surface area contributed by atoms with E-state index in [0.29, 0.717) is 0 Å². The van der Waals surface area contributed by atoms with Crippen LogP contribution in [0.3, 0.4) is 0 Å². The maximum atomic E-state index is 4.48. The first kappa shape index (κ1) is 15.5. The maximum absolute atomic E-state index is 4.48. The number of nitrogens with one attached hydrogen (secondary N) is 1. The lowest BCUT2D eigenvalue weighted by atomic mass is 9.92. The molecule has 0 fully saturated rings. The quantitative estimate of drug-likeness (QED) is 0.425. The molecule has 3 heteroatoms. The molecule has 0 radical (unpaired) electrons. The van der Waals surface area contributed by atoms with Gasteiger partial charge in [0, 0.05) is 10.9 Å². The van der Waals surface area contributed by atoms with E-state index in [4.69, 9.17) is 0 Å². The highest BCUT2D eigenvalue weighted by molar-refractivity contribution is 6.11. The van der Waals surface area contributed by atoms with Crippen molar-refractivity contribution >= 4 is 33.5 Å². The monoisotopic (exact) mass is 347 g/mol. The Labute approximate surface area is 157 Å². The lowest BCUT2D eigenvalue weighted by Crippen LogP contribution is -1.92. The Bertz CT molecular complexity index is 1250. The molecular formula is C24H17N3. The Morgan fingerprint density at radius 3 is 2.19 bits per heavy atom. The highest BCUT2D eigenvalue weighted by atomic mass is 15.3. The van der Waals surface area contributed by atoms with Crippen molar-refractivity contribution < 1.29 is 0 Å². The molecule has 1 aromatic heterocycles. The molecule has 0 spiro atoms. The first-order chi connectivity index (χ1) is 13.4. The van der Waals surface area contributed by atoms with Gasteiger partial charge in [-0.05, 0) is 34.2 Å². The molecule has 1 N–H and O–H groups in total. The van der Waals surface area contributed by atoms with Gasteiger partial charge in [-0.1, -0.05) is 84.9 Å². The SMILES string of the molecule is C(=C(c1ccccc1)c1cc2ccccc2c2n[nH]nc12)c1ccccc1. The highest BCUT2D eigenvalue weighted by Gasteiger charge is 2.15. The van der Waals surface area contributed by atoms with Gasteiger partial charge in [-0.15, -0.1) is 0 Å². The zero-order valence-corrected chi connectivity index (χ0v) is 14.6. The van der Waals surface area contributed by atoms with E-state index in [1.807, 2.05) is 18.2 Å². The van der Waals surface area contributed by atoms with Gasteiger partial charge in [0.05, 0.1) is 0 Å². The minimum absolute atomic E-state index is 0.889. The van der Waals surface area contributed by atoms with Crippen LogP contribution in [0.4, 0.5) is 0 Å². The van der Waals surface area contributed by atoms with Gasteiger partial charge in [0.25, 0.3) is 0 Å². The first-order valence-electron chi connectivity index (χ1n) is 8.95. The summed E-state index contributed by atoms with van der Waals surface area (Å²) in [5.74, 6) is 0. The molecule has 0 aliphatic carbocycles. The fourth-order valence-corrected chi connectivity index (χ4v) is 3.52. The molecule has 0 unspecified atom stereocenters. The zero-order chi connectivity index (χ0) is 18.1. The number of fused-ring (bicyclic) bond motifs is 3. The third kappa shape index (κ3) is 2.79. The Hall–Kier alpha value is -3.72. The van der Waals surface area contributed by atoms with Gasteiger partial charge in [-0.3, -0.25) is 0 Å². The minimum Gasteiger partial charge on any atom is -0.197 e. The molecule has 0 saturated heterocycles. The van der Waals surface area contributed by atoms with E-state index in [1.165, 1.54) is 0 Å². The standard InChI is InChI=1S/C24H17N3/c1-3-9-17(10-4-1)15-21(18-11-5-2-6-12-18)22-16-19-13-7-8-14-20(19)23-24(22)26-27-25-23/h1-16H,(H,25,26,27). The average molecular weight is 347 g/mol. The zero-order valence-electron chi connectivity index (χ0n) is 14.6. The van der Waals surface area contributed by atoms with Gasteiger partial charge < -0.3 is 0 Å². The summed E-state index contributed by atoms with van der Waals surface area (Å²) in [6, 6.07) is 31.3. The second kappa shape index (κ2) is 6.54. The molecule has 128 valence electrons. The van der Waals surface area contributed by atoms with Crippen molar-refractivity contribution in [2.45, 2.75) is 0 Å². The van der Waals surface area contributed by atoms with Gasteiger partial charge in [-0.25, -0.2) is 0 Å². The molecule has 1 heterocycles. The summed E-state index contributed by atoms with van der Waals surface area (Å²) in [5.41, 5.74) is 6.30. The van der Waals surface area contributed by atoms with E-state index in [1.54, 1.807) is 0 Å². The number of rotatable bonds is 3. The van der Waals surface area contributed by atoms with Gasteiger partial charge in [0.1, 0.15) is 11.0 Å². The average Bonchev–Trinajstić information content (AvgIpc) is 3.23. The number of aromatic nitrogens is 3. The third-order valence-corrected chi connectivity index (χ3v) is 4.80. The number of aromatic amines is 1. The van der Waals surface area contributed by atoms with Crippen LogP contribution in [0, 0.1) is 0 Å². The van der Waals surface area contributed by atoms with Crippen molar-refractivity contribution in [2.24, 2.45) is 0 Å². The van der Waals surface area contributed by atoms with E-state index in [9.17, 15) is 0 Å². The Balaban J connectivity index is 1.84. The summed E-state index contributed by atoms with van der Waals surface area (Å²) < 4.78 is 0. The van der Waals surface area contributed by atoms with Crippen LogP contribution in [0.25, 0.3) is 33.5 Å². The van der Waals surface area contributed by atoms with Crippen LogP contribution in [0.5, 0.6) is 0 Å². The van der Waals surface area contributed by atoms with Gasteiger partial charge in [-0.2, -0.15) is 15.4 Å². The molecule has 4 aromatic carbocycles. The van der Waals surface area contributed by atoms with E-state index >= 15 is 0 Å². The summed E-state index contributed by atoms with van der Waals surface area (Å²) >= 11 is 0. The molecule has 0 aliphatic heterocycles. The second-order valence-corrected chi connectivity index (χ2v) is 6.50. The normalized spacial score (nSPS) is 11.9. The van der Waals surface area contributed by atoms with E-state index in [2.05, 4.69) is 94.3 Å². The van der Waals surface area contributed by atoms with Crippen molar-refractivity contribution in [3.8, 4) is 0 Å². The number of H-pyrrole nitrogens is 1. The fraction of sp³-hybridized carbons (Fsp3) is 0. The second-order valence-electron chi connectivity index (χ2n) is 6.50. The molecule has 5 rings (SSSR count). The molecule has 0 aliphatic rings. The van der Waals surface area contributed by atoms with Crippen LogP contribution in [-0.2, 0) is 0 Å². The molecule has 3 nitrogen and oxygen atoms in total. The predicted octanol–water partition coefficient (Wildman–Crippen LogP) is 5.70. The van der Waals surface area contributed by atoms with Gasteiger partial charge >= 0.3 is 0 Å². The molecule has 0 bridgehead atoms. The molecule has 27 heavy (non-hydrogen) atoms. The predicted molar refractivity (Wildman–Crippen MR) is 111 cm³/mol. The third-order valence-electron chi connectivity index (χ3n) is 4.80. The van der Waals surface area contributed by atoms with Crippen LogP contribution in [0.15, 0.2) is 91.0 Å². The summed E-state index contributed by atoms with van der Waals surface area (Å²) in [5, 5.41) is 14.0. The smallest absolute Gasteiger partial charge is 0.121 e. The number of hydrogen-bond donors (Lipinski definition) is 1. The van der Waals surface area contributed by atoms with E-state index in [0.717, 1.165) is 44.1 Å². The Morgan fingerprint density at radius 2 is 1.37 bits per heavy atom. The summed E-state index contributed by atoms with van der Waals surface area (Å²) in [7, 11) is 0. The number of hydrogen-bond acceptors (Lipinski definition) is 2. The van der Waals surface area contributed by atoms with Crippen molar-refractivity contribution in [1.82, 2.24) is 15.4 Å². The largest absolute Gasteiger partial charge is 0.197 e. The number of benzene rings is 4. The fourth-order valence-electron chi connectivity index (χ4n) is 3.52. The van der Waals surface area contributed by atoms with Gasteiger partial charge in [0.15, 0.2) is 0 Å². The first-order valence-corrected chi connectivity index (χ1v) is 8.95. The van der Waals surface area contributed by atoms with Gasteiger partial charge in [0.2, 0.25) is 0 Å². The van der Waals surface area contributed by atoms with E-state index in [-0.39, 0.29) is 0 Å². The Kier molecular flexibility index (Phi) is 3.76. The summed E-state index contributed by atoms with van der Waals surface area (Å²) in [6.07, 6.45) is 2.22. The maximum Gasteiger partial charge on any atom is 0.121 e. The van der Waals surface area contributed by atoms with Crippen LogP contribution < -0.4 is 0 Å². The minimum atomic E-state index is 0.889. The van der Waals surface area contributed by atoms with E-state index < -0.39 is 0 Å². The Morgan fingerprint density at radius 1 is 0.704 bits per heavy atom. The van der Waals surface area contributed by atoms with Crippen molar-refractivity contribution in [1.29, 1.82) is 0 Å². The summed E-state index contributed by atoms with van der Waals surface area (Å²) in [6.45, 7) is 0. The number of nitrogens with zero attached hydrogens (tertiary/aromatic N) is 2. The lowest BCUT2D eigenvalue weighted by Gasteiger charge is -2.11. The molecule has 0 atom stereocenters. The molecule has 0 amide bonds. The van der Waals surface area contributed by atoms with Crippen LogP contribution >= 0.6 is 0 Å².